The molecule has 0 aliphatic carbocycles. The largest absolute Gasteiger partial charge is 0.381 e. The molecule has 0 spiro atoms. The van der Waals surface area contributed by atoms with Crippen molar-refractivity contribution in [1.29, 1.82) is 0 Å². The van der Waals surface area contributed by atoms with Crippen molar-refractivity contribution in [3.63, 3.8) is 0 Å². The summed E-state index contributed by atoms with van der Waals surface area (Å²) >= 11 is 0. The highest BCUT2D eigenvalue weighted by molar-refractivity contribution is 4.77. The van der Waals surface area contributed by atoms with Gasteiger partial charge in [0.05, 0.1) is 13.2 Å². The second-order valence-electron chi connectivity index (χ2n) is 6.11. The Morgan fingerprint density at radius 2 is 1.52 bits per heavy atom. The second-order valence-corrected chi connectivity index (χ2v) is 6.11. The van der Waals surface area contributed by atoms with Crippen LogP contribution in [0.2, 0.25) is 0 Å². The predicted molar refractivity (Wildman–Crippen MR) is 84.2 cm³/mol. The van der Waals surface area contributed by atoms with Gasteiger partial charge in [-0.1, -0.05) is 45.4 Å². The van der Waals surface area contributed by atoms with Gasteiger partial charge in [0.25, 0.3) is 5.97 Å². The van der Waals surface area contributed by atoms with Gasteiger partial charge in [-0.2, -0.15) is 0 Å². The fourth-order valence-electron chi connectivity index (χ4n) is 3.18. The Bertz CT molecular complexity index is 241. The molecule has 1 unspecified atom stereocenters. The molecule has 1 saturated heterocycles. The van der Waals surface area contributed by atoms with E-state index in [1.165, 1.54) is 38.5 Å². The maximum Gasteiger partial charge on any atom is 0.285 e. The van der Waals surface area contributed by atoms with E-state index in [0.29, 0.717) is 5.92 Å². The lowest BCUT2D eigenvalue weighted by atomic mass is 9.87. The predicted octanol–water partition coefficient (Wildman–Crippen LogP) is 3.98. The van der Waals surface area contributed by atoms with E-state index >= 15 is 0 Å². The third-order valence-electron chi connectivity index (χ3n) is 4.58. The van der Waals surface area contributed by atoms with Crippen LogP contribution in [0.4, 0.5) is 0 Å². The molecular weight excluding hydrogens is 268 g/mol. The Morgan fingerprint density at radius 3 is 2.00 bits per heavy atom. The van der Waals surface area contributed by atoms with Crippen molar-refractivity contribution in [2.24, 2.45) is 11.8 Å². The molecule has 0 aromatic rings. The highest BCUT2D eigenvalue weighted by Gasteiger charge is 2.41. The summed E-state index contributed by atoms with van der Waals surface area (Å²) in [6.45, 7) is 3.97. The van der Waals surface area contributed by atoms with Crippen molar-refractivity contribution in [3.8, 4) is 0 Å². The van der Waals surface area contributed by atoms with Crippen molar-refractivity contribution in [2.45, 2.75) is 64.3 Å². The average molecular weight is 302 g/mol. The first-order valence-electron chi connectivity index (χ1n) is 8.45. The van der Waals surface area contributed by atoms with E-state index in [1.807, 2.05) is 0 Å². The van der Waals surface area contributed by atoms with Gasteiger partial charge >= 0.3 is 0 Å². The van der Waals surface area contributed by atoms with Crippen LogP contribution in [0.1, 0.15) is 58.3 Å². The first-order valence-corrected chi connectivity index (χ1v) is 8.45. The lowest BCUT2D eigenvalue weighted by Gasteiger charge is -2.39. The highest BCUT2D eigenvalue weighted by atomic mass is 16.9. The fraction of sp³-hybridized carbons (Fsp3) is 1.00. The number of methoxy groups -OCH3 is 3. The smallest absolute Gasteiger partial charge is 0.285 e. The Labute approximate surface area is 130 Å². The number of hydrogen-bond acceptors (Lipinski definition) is 4. The van der Waals surface area contributed by atoms with E-state index in [4.69, 9.17) is 18.9 Å². The summed E-state index contributed by atoms with van der Waals surface area (Å²) in [6.07, 6.45) is 9.94. The molecule has 1 aliphatic rings. The molecular formula is C17H34O4. The lowest BCUT2D eigenvalue weighted by molar-refractivity contribution is -0.382. The van der Waals surface area contributed by atoms with Crippen molar-refractivity contribution >= 4 is 0 Å². The fourth-order valence-corrected chi connectivity index (χ4v) is 3.18. The SMILES string of the molecule is CCCCCCCCC(CC1COC1)C(OC)(OC)OC. The first kappa shape index (κ1) is 18.9. The summed E-state index contributed by atoms with van der Waals surface area (Å²) in [5.74, 6) is -0.0218. The van der Waals surface area contributed by atoms with Crippen LogP contribution in [0.25, 0.3) is 0 Å². The number of hydrogen-bond donors (Lipinski definition) is 0. The van der Waals surface area contributed by atoms with Gasteiger partial charge in [0.1, 0.15) is 0 Å². The quantitative estimate of drug-likeness (QED) is 0.381. The summed E-state index contributed by atoms with van der Waals surface area (Å²) in [4.78, 5) is 0. The maximum absolute atomic E-state index is 5.58. The molecule has 21 heavy (non-hydrogen) atoms. The van der Waals surface area contributed by atoms with Crippen LogP contribution in [0.3, 0.4) is 0 Å². The van der Waals surface area contributed by atoms with Crippen LogP contribution in [0.5, 0.6) is 0 Å². The Balaban J connectivity index is 2.43. The molecule has 1 heterocycles. The zero-order chi connectivity index (χ0) is 15.6. The second kappa shape index (κ2) is 10.5. The molecule has 0 amide bonds. The first-order chi connectivity index (χ1) is 10.2. The summed E-state index contributed by atoms with van der Waals surface area (Å²) in [7, 11) is 5.00. The third kappa shape index (κ3) is 5.85. The molecule has 0 aromatic carbocycles. The topological polar surface area (TPSA) is 36.9 Å². The molecule has 1 rings (SSSR count). The van der Waals surface area contributed by atoms with E-state index in [0.717, 1.165) is 26.1 Å². The van der Waals surface area contributed by atoms with Gasteiger partial charge in [-0.05, 0) is 12.8 Å². The molecule has 126 valence electrons. The molecule has 0 N–H and O–H groups in total. The molecule has 0 bridgehead atoms. The van der Waals surface area contributed by atoms with E-state index < -0.39 is 5.97 Å². The molecule has 4 nitrogen and oxygen atoms in total. The van der Waals surface area contributed by atoms with Crippen molar-refractivity contribution < 1.29 is 18.9 Å². The van der Waals surface area contributed by atoms with E-state index in [9.17, 15) is 0 Å². The Hall–Kier alpha value is -0.160. The molecule has 0 aromatic heterocycles. The van der Waals surface area contributed by atoms with Crippen molar-refractivity contribution in [2.75, 3.05) is 34.5 Å². The minimum Gasteiger partial charge on any atom is -0.381 e. The van der Waals surface area contributed by atoms with Gasteiger partial charge < -0.3 is 18.9 Å². The Kier molecular flexibility index (Phi) is 9.49. The molecule has 1 atom stereocenters. The average Bonchev–Trinajstić information content (AvgIpc) is 2.47. The zero-order valence-corrected chi connectivity index (χ0v) is 14.4. The molecule has 1 aliphatic heterocycles. The number of unbranched alkanes of at least 4 members (excludes halogenated alkanes) is 5. The molecule has 0 saturated carbocycles. The van der Waals surface area contributed by atoms with Gasteiger partial charge in [-0.3, -0.25) is 0 Å². The van der Waals surface area contributed by atoms with Gasteiger partial charge in [-0.15, -0.1) is 0 Å². The van der Waals surface area contributed by atoms with Gasteiger partial charge in [0, 0.05) is 33.2 Å². The molecule has 1 fully saturated rings. The van der Waals surface area contributed by atoms with Crippen LogP contribution in [0, 0.1) is 11.8 Å². The maximum atomic E-state index is 5.58. The van der Waals surface area contributed by atoms with Crippen LogP contribution in [-0.4, -0.2) is 40.5 Å². The van der Waals surface area contributed by atoms with E-state index in [1.54, 1.807) is 21.3 Å². The number of rotatable bonds is 13. The molecule has 4 heteroatoms. The van der Waals surface area contributed by atoms with E-state index in [2.05, 4.69) is 6.92 Å². The monoisotopic (exact) mass is 302 g/mol. The van der Waals surface area contributed by atoms with Gasteiger partial charge in [0.2, 0.25) is 0 Å². The van der Waals surface area contributed by atoms with Crippen LogP contribution >= 0.6 is 0 Å². The highest BCUT2D eigenvalue weighted by Crippen LogP contribution is 2.35. The summed E-state index contributed by atoms with van der Waals surface area (Å²) in [6, 6.07) is 0. The summed E-state index contributed by atoms with van der Waals surface area (Å²) in [5.41, 5.74) is 0. The van der Waals surface area contributed by atoms with Crippen LogP contribution in [0.15, 0.2) is 0 Å². The number of ether oxygens (including phenoxy) is 4. The lowest BCUT2D eigenvalue weighted by Crippen LogP contribution is -2.46. The van der Waals surface area contributed by atoms with Gasteiger partial charge in [-0.25, -0.2) is 0 Å². The summed E-state index contributed by atoms with van der Waals surface area (Å²) in [5, 5.41) is 0. The normalized spacial score (nSPS) is 17.7. The minimum atomic E-state index is -0.904. The zero-order valence-electron chi connectivity index (χ0n) is 14.4. The van der Waals surface area contributed by atoms with Crippen molar-refractivity contribution in [1.82, 2.24) is 0 Å². The Morgan fingerprint density at radius 1 is 0.952 bits per heavy atom. The van der Waals surface area contributed by atoms with Crippen LogP contribution in [-0.2, 0) is 18.9 Å². The summed E-state index contributed by atoms with van der Waals surface area (Å²) < 4.78 is 22.0. The standard InChI is InChI=1S/C17H34O4/c1-5-6-7-8-9-10-11-16(12-15-13-21-14-15)17(18-2,19-3)20-4/h15-16H,5-14H2,1-4H3. The van der Waals surface area contributed by atoms with Crippen LogP contribution < -0.4 is 0 Å². The molecule has 0 radical (unpaired) electrons. The van der Waals surface area contributed by atoms with Crippen molar-refractivity contribution in [3.05, 3.63) is 0 Å². The van der Waals surface area contributed by atoms with E-state index in [-0.39, 0.29) is 5.92 Å². The third-order valence-corrected chi connectivity index (χ3v) is 4.58. The van der Waals surface area contributed by atoms with Gasteiger partial charge in [0.15, 0.2) is 0 Å². The minimum absolute atomic E-state index is 0.262.